The third-order valence-corrected chi connectivity index (χ3v) is 4.90. The first-order chi connectivity index (χ1) is 9.70. The molecular formula is C15H18N2O2S. The first kappa shape index (κ1) is 13.5. The average molecular weight is 290 g/mol. The monoisotopic (exact) mass is 290 g/mol. The second-order valence-electron chi connectivity index (χ2n) is 5.17. The molecule has 2 heterocycles. The fraction of sp³-hybridized carbons (Fsp3) is 0.467. The van der Waals surface area contributed by atoms with E-state index in [1.165, 1.54) is 12.2 Å². The summed E-state index contributed by atoms with van der Waals surface area (Å²) < 4.78 is 2.34. The molecule has 0 aliphatic carbocycles. The number of carboxylic acids is 1. The number of thioether (sulfide) groups is 1. The second kappa shape index (κ2) is 5.48. The number of aryl methyl sites for hydroxylation is 1. The van der Waals surface area contributed by atoms with Crippen LogP contribution < -0.4 is 0 Å². The Bertz CT molecular complexity index is 645. The van der Waals surface area contributed by atoms with Gasteiger partial charge in [0.05, 0.1) is 16.6 Å². The Hall–Kier alpha value is -1.49. The third kappa shape index (κ3) is 2.30. The first-order valence-electron chi connectivity index (χ1n) is 7.02. The summed E-state index contributed by atoms with van der Waals surface area (Å²) in [5.41, 5.74) is 2.20. The lowest BCUT2D eigenvalue weighted by Gasteiger charge is -2.15. The van der Waals surface area contributed by atoms with Crippen LogP contribution in [0.2, 0.25) is 0 Å². The number of imidazole rings is 1. The van der Waals surface area contributed by atoms with Crippen molar-refractivity contribution in [1.82, 2.24) is 9.55 Å². The Labute approximate surface area is 122 Å². The number of aromatic nitrogens is 2. The smallest absolute Gasteiger partial charge is 0.335 e. The van der Waals surface area contributed by atoms with Gasteiger partial charge >= 0.3 is 5.97 Å². The molecule has 5 heteroatoms. The Morgan fingerprint density at radius 1 is 1.55 bits per heavy atom. The quantitative estimate of drug-likeness (QED) is 0.938. The van der Waals surface area contributed by atoms with Crippen LogP contribution in [0.5, 0.6) is 0 Å². The lowest BCUT2D eigenvalue weighted by atomic mass is 10.2. The predicted octanol–water partition coefficient (Wildman–Crippen LogP) is 3.37. The van der Waals surface area contributed by atoms with E-state index in [4.69, 9.17) is 5.11 Å². The van der Waals surface area contributed by atoms with Crippen molar-refractivity contribution < 1.29 is 9.90 Å². The summed E-state index contributed by atoms with van der Waals surface area (Å²) in [6, 6.07) is 5.78. The molecule has 1 atom stereocenters. The van der Waals surface area contributed by atoms with E-state index in [2.05, 4.69) is 16.5 Å². The molecule has 0 bridgehead atoms. The zero-order chi connectivity index (χ0) is 14.1. The highest BCUT2D eigenvalue weighted by atomic mass is 32.2. The summed E-state index contributed by atoms with van der Waals surface area (Å²) in [5.74, 6) is 2.53. The molecule has 0 amide bonds. The second-order valence-corrected chi connectivity index (χ2v) is 6.32. The van der Waals surface area contributed by atoms with Crippen LogP contribution in [-0.4, -0.2) is 32.1 Å². The maximum Gasteiger partial charge on any atom is 0.335 e. The summed E-state index contributed by atoms with van der Waals surface area (Å²) in [5, 5.41) is 9.10. The van der Waals surface area contributed by atoms with Crippen molar-refractivity contribution in [1.29, 1.82) is 0 Å². The summed E-state index contributed by atoms with van der Waals surface area (Å²) in [4.78, 5) is 15.8. The minimum atomic E-state index is -0.894. The molecule has 0 saturated carbocycles. The molecule has 0 radical (unpaired) electrons. The SMILES string of the molecule is CCCc1nc2cc(C(=O)O)ccc2n1C1CCSC1. The van der Waals surface area contributed by atoms with E-state index in [1.54, 1.807) is 12.1 Å². The molecule has 1 aliphatic rings. The van der Waals surface area contributed by atoms with Crippen molar-refractivity contribution >= 4 is 28.8 Å². The van der Waals surface area contributed by atoms with Crippen LogP contribution in [0.15, 0.2) is 18.2 Å². The predicted molar refractivity (Wildman–Crippen MR) is 81.7 cm³/mol. The summed E-state index contributed by atoms with van der Waals surface area (Å²) in [6.07, 6.45) is 3.17. The van der Waals surface area contributed by atoms with Crippen LogP contribution in [0, 0.1) is 0 Å². The Morgan fingerprint density at radius 3 is 3.05 bits per heavy atom. The normalized spacial score (nSPS) is 18.8. The number of carbonyl (C=O) groups is 1. The van der Waals surface area contributed by atoms with Gasteiger partial charge in [0, 0.05) is 18.2 Å². The molecule has 20 heavy (non-hydrogen) atoms. The molecule has 1 aliphatic heterocycles. The van der Waals surface area contributed by atoms with Gasteiger partial charge in [-0.1, -0.05) is 6.92 Å². The number of benzene rings is 1. The molecule has 1 fully saturated rings. The van der Waals surface area contributed by atoms with E-state index < -0.39 is 5.97 Å². The highest BCUT2D eigenvalue weighted by molar-refractivity contribution is 7.99. The fourth-order valence-electron chi connectivity index (χ4n) is 2.81. The van der Waals surface area contributed by atoms with Crippen molar-refractivity contribution in [3.8, 4) is 0 Å². The Balaban J connectivity index is 2.13. The zero-order valence-corrected chi connectivity index (χ0v) is 12.3. The number of carboxylic acid groups (broad SMARTS) is 1. The van der Waals surface area contributed by atoms with Crippen molar-refractivity contribution in [3.63, 3.8) is 0 Å². The molecule has 106 valence electrons. The van der Waals surface area contributed by atoms with Crippen molar-refractivity contribution in [2.45, 2.75) is 32.2 Å². The number of nitrogens with zero attached hydrogens (tertiary/aromatic N) is 2. The summed E-state index contributed by atoms with van der Waals surface area (Å²) in [6.45, 7) is 2.15. The number of aromatic carboxylic acids is 1. The van der Waals surface area contributed by atoms with Crippen molar-refractivity contribution in [2.24, 2.45) is 0 Å². The van der Waals surface area contributed by atoms with E-state index in [9.17, 15) is 4.79 Å². The van der Waals surface area contributed by atoms with Crippen molar-refractivity contribution in [2.75, 3.05) is 11.5 Å². The zero-order valence-electron chi connectivity index (χ0n) is 11.5. The van der Waals surface area contributed by atoms with Crippen LogP contribution in [0.4, 0.5) is 0 Å². The van der Waals surface area contributed by atoms with Gasteiger partial charge in [-0.05, 0) is 36.8 Å². The molecule has 1 saturated heterocycles. The fourth-order valence-corrected chi connectivity index (χ4v) is 4.01. The van der Waals surface area contributed by atoms with E-state index in [-0.39, 0.29) is 0 Å². The number of hydrogen-bond acceptors (Lipinski definition) is 3. The molecule has 1 aromatic carbocycles. The van der Waals surface area contributed by atoms with Crippen LogP contribution >= 0.6 is 11.8 Å². The van der Waals surface area contributed by atoms with Crippen LogP contribution in [-0.2, 0) is 6.42 Å². The Morgan fingerprint density at radius 2 is 2.40 bits per heavy atom. The minimum absolute atomic E-state index is 0.311. The molecular weight excluding hydrogens is 272 g/mol. The molecule has 1 aromatic heterocycles. The maximum absolute atomic E-state index is 11.1. The number of fused-ring (bicyclic) bond motifs is 1. The Kier molecular flexibility index (Phi) is 3.70. The van der Waals surface area contributed by atoms with Gasteiger partial charge in [-0.25, -0.2) is 9.78 Å². The lowest BCUT2D eigenvalue weighted by molar-refractivity contribution is 0.0697. The summed E-state index contributed by atoms with van der Waals surface area (Å²) in [7, 11) is 0. The maximum atomic E-state index is 11.1. The summed E-state index contributed by atoms with van der Waals surface area (Å²) >= 11 is 1.98. The number of rotatable bonds is 4. The topological polar surface area (TPSA) is 55.1 Å². The molecule has 1 N–H and O–H groups in total. The van der Waals surface area contributed by atoms with Gasteiger partial charge in [0.15, 0.2) is 0 Å². The number of hydrogen-bond donors (Lipinski definition) is 1. The minimum Gasteiger partial charge on any atom is -0.478 e. The third-order valence-electron chi connectivity index (χ3n) is 3.75. The molecule has 2 aromatic rings. The van der Waals surface area contributed by atoms with Gasteiger partial charge < -0.3 is 9.67 Å². The molecule has 1 unspecified atom stereocenters. The van der Waals surface area contributed by atoms with Crippen LogP contribution in [0.3, 0.4) is 0 Å². The average Bonchev–Trinajstić information content (AvgIpc) is 3.04. The standard InChI is InChI=1S/C15H18N2O2S/c1-2-3-14-16-12-8-10(15(18)19)4-5-13(12)17(14)11-6-7-20-9-11/h4-5,8,11H,2-3,6-7,9H2,1H3,(H,18,19). The lowest BCUT2D eigenvalue weighted by Crippen LogP contribution is -2.11. The highest BCUT2D eigenvalue weighted by Gasteiger charge is 2.23. The van der Waals surface area contributed by atoms with Crippen LogP contribution in [0.25, 0.3) is 11.0 Å². The van der Waals surface area contributed by atoms with Gasteiger partial charge in [-0.15, -0.1) is 0 Å². The molecule has 3 rings (SSSR count). The van der Waals surface area contributed by atoms with E-state index in [1.807, 2.05) is 17.8 Å². The van der Waals surface area contributed by atoms with E-state index >= 15 is 0 Å². The van der Waals surface area contributed by atoms with Gasteiger partial charge in [0.1, 0.15) is 5.82 Å². The van der Waals surface area contributed by atoms with Crippen LogP contribution in [0.1, 0.15) is 42.0 Å². The van der Waals surface area contributed by atoms with Gasteiger partial charge in [0.2, 0.25) is 0 Å². The van der Waals surface area contributed by atoms with E-state index in [0.717, 1.165) is 35.5 Å². The van der Waals surface area contributed by atoms with Gasteiger partial charge in [-0.3, -0.25) is 0 Å². The van der Waals surface area contributed by atoms with E-state index in [0.29, 0.717) is 11.6 Å². The molecule has 4 nitrogen and oxygen atoms in total. The van der Waals surface area contributed by atoms with Gasteiger partial charge in [0.25, 0.3) is 0 Å². The highest BCUT2D eigenvalue weighted by Crippen LogP contribution is 2.32. The first-order valence-corrected chi connectivity index (χ1v) is 8.18. The van der Waals surface area contributed by atoms with Gasteiger partial charge in [-0.2, -0.15) is 11.8 Å². The largest absolute Gasteiger partial charge is 0.478 e. The molecule has 0 spiro atoms. The van der Waals surface area contributed by atoms with Crippen molar-refractivity contribution in [3.05, 3.63) is 29.6 Å².